The van der Waals surface area contributed by atoms with Crippen LogP contribution in [0.25, 0.3) is 0 Å². The molecule has 1 aromatic carbocycles. The Morgan fingerprint density at radius 3 is 2.78 bits per heavy atom. The van der Waals surface area contributed by atoms with E-state index in [1.165, 1.54) is 6.20 Å². The number of pyridine rings is 1. The number of nitrogens with one attached hydrogen (secondary N) is 1. The molecule has 92 valence electrons. The zero-order valence-electron chi connectivity index (χ0n) is 9.58. The van der Waals surface area contributed by atoms with Gasteiger partial charge in [0.05, 0.1) is 5.02 Å². The highest BCUT2D eigenvalue weighted by molar-refractivity contribution is 9.10. The van der Waals surface area contributed by atoms with Crippen molar-refractivity contribution in [2.75, 3.05) is 5.32 Å². The molecule has 1 N–H and O–H groups in total. The summed E-state index contributed by atoms with van der Waals surface area (Å²) in [6, 6.07) is 8.90. The second-order valence-electron chi connectivity index (χ2n) is 3.78. The van der Waals surface area contributed by atoms with E-state index in [1.807, 2.05) is 19.1 Å². The number of rotatable bonds is 2. The number of hydrogen-bond acceptors (Lipinski definition) is 2. The van der Waals surface area contributed by atoms with Crippen molar-refractivity contribution < 1.29 is 4.79 Å². The molecule has 0 saturated carbocycles. The Labute approximate surface area is 118 Å². The SMILES string of the molecule is Cc1ccc(Br)cc1C(=O)Nc1ccc(Cl)cn1. The number of nitrogens with zero attached hydrogens (tertiary/aromatic N) is 1. The van der Waals surface area contributed by atoms with Gasteiger partial charge in [-0.05, 0) is 36.8 Å². The number of anilines is 1. The molecular formula is C13H10BrClN2O. The molecule has 5 heteroatoms. The highest BCUT2D eigenvalue weighted by atomic mass is 79.9. The first kappa shape index (κ1) is 13.1. The molecule has 2 rings (SSSR count). The van der Waals surface area contributed by atoms with Gasteiger partial charge in [0.15, 0.2) is 0 Å². The highest BCUT2D eigenvalue weighted by Gasteiger charge is 2.10. The third-order valence-corrected chi connectivity index (χ3v) is 3.13. The van der Waals surface area contributed by atoms with Gasteiger partial charge in [0, 0.05) is 16.2 Å². The lowest BCUT2D eigenvalue weighted by Crippen LogP contribution is -2.14. The van der Waals surface area contributed by atoms with Crippen LogP contribution in [0.4, 0.5) is 5.82 Å². The van der Waals surface area contributed by atoms with Gasteiger partial charge in [-0.2, -0.15) is 0 Å². The summed E-state index contributed by atoms with van der Waals surface area (Å²) in [5, 5.41) is 3.26. The number of amides is 1. The van der Waals surface area contributed by atoms with Gasteiger partial charge in [-0.3, -0.25) is 4.79 Å². The molecule has 0 fully saturated rings. The summed E-state index contributed by atoms with van der Waals surface area (Å²) in [6.07, 6.45) is 1.49. The van der Waals surface area contributed by atoms with Crippen molar-refractivity contribution in [3.8, 4) is 0 Å². The first-order chi connectivity index (χ1) is 8.56. The second kappa shape index (κ2) is 5.50. The number of benzene rings is 1. The van der Waals surface area contributed by atoms with Gasteiger partial charge >= 0.3 is 0 Å². The summed E-state index contributed by atoms with van der Waals surface area (Å²) in [7, 11) is 0. The molecule has 0 spiro atoms. The molecule has 1 heterocycles. The molecule has 0 saturated heterocycles. The van der Waals surface area contributed by atoms with E-state index in [0.717, 1.165) is 10.0 Å². The van der Waals surface area contributed by atoms with E-state index in [1.54, 1.807) is 18.2 Å². The van der Waals surface area contributed by atoms with Gasteiger partial charge in [-0.1, -0.05) is 33.6 Å². The summed E-state index contributed by atoms with van der Waals surface area (Å²) in [6.45, 7) is 1.89. The molecule has 0 bridgehead atoms. The maximum absolute atomic E-state index is 12.1. The third kappa shape index (κ3) is 3.09. The zero-order valence-corrected chi connectivity index (χ0v) is 11.9. The zero-order chi connectivity index (χ0) is 13.1. The lowest BCUT2D eigenvalue weighted by Gasteiger charge is -2.07. The van der Waals surface area contributed by atoms with E-state index in [9.17, 15) is 4.79 Å². The lowest BCUT2D eigenvalue weighted by molar-refractivity contribution is 0.102. The Kier molecular flexibility index (Phi) is 3.99. The monoisotopic (exact) mass is 324 g/mol. The van der Waals surface area contributed by atoms with Gasteiger partial charge in [0.2, 0.25) is 0 Å². The van der Waals surface area contributed by atoms with Crippen LogP contribution in [0.2, 0.25) is 5.02 Å². The highest BCUT2D eigenvalue weighted by Crippen LogP contribution is 2.17. The van der Waals surface area contributed by atoms with Crippen LogP contribution in [0.3, 0.4) is 0 Å². The Morgan fingerprint density at radius 2 is 2.11 bits per heavy atom. The van der Waals surface area contributed by atoms with Crippen LogP contribution in [0.1, 0.15) is 15.9 Å². The molecule has 0 atom stereocenters. The molecule has 0 aliphatic heterocycles. The average molecular weight is 326 g/mol. The van der Waals surface area contributed by atoms with E-state index in [2.05, 4.69) is 26.2 Å². The fourth-order valence-electron chi connectivity index (χ4n) is 1.47. The normalized spacial score (nSPS) is 10.2. The first-order valence-corrected chi connectivity index (χ1v) is 6.42. The van der Waals surface area contributed by atoms with E-state index < -0.39 is 0 Å². The maximum Gasteiger partial charge on any atom is 0.257 e. The summed E-state index contributed by atoms with van der Waals surface area (Å²) < 4.78 is 0.863. The van der Waals surface area contributed by atoms with Crippen molar-refractivity contribution >= 4 is 39.3 Å². The van der Waals surface area contributed by atoms with Crippen LogP contribution < -0.4 is 5.32 Å². The summed E-state index contributed by atoms with van der Waals surface area (Å²) >= 11 is 9.08. The first-order valence-electron chi connectivity index (χ1n) is 5.25. The number of carbonyl (C=O) groups excluding carboxylic acids is 1. The number of carbonyl (C=O) groups is 1. The van der Waals surface area contributed by atoms with Crippen molar-refractivity contribution in [2.24, 2.45) is 0 Å². The maximum atomic E-state index is 12.1. The number of hydrogen-bond donors (Lipinski definition) is 1. The van der Waals surface area contributed by atoms with E-state index in [4.69, 9.17) is 11.6 Å². The molecule has 0 radical (unpaired) electrons. The molecule has 3 nitrogen and oxygen atoms in total. The van der Waals surface area contributed by atoms with Crippen LogP contribution >= 0.6 is 27.5 Å². The number of halogens is 2. The Bertz CT molecular complexity index is 584. The van der Waals surface area contributed by atoms with Crippen molar-refractivity contribution in [1.82, 2.24) is 4.98 Å². The largest absolute Gasteiger partial charge is 0.307 e. The Morgan fingerprint density at radius 1 is 1.33 bits per heavy atom. The minimum Gasteiger partial charge on any atom is -0.307 e. The van der Waals surface area contributed by atoms with Crippen molar-refractivity contribution in [3.05, 3.63) is 57.2 Å². The summed E-state index contributed by atoms with van der Waals surface area (Å²) in [5.74, 6) is 0.285. The topological polar surface area (TPSA) is 42.0 Å². The minimum atomic E-state index is -0.191. The number of aromatic nitrogens is 1. The predicted molar refractivity (Wildman–Crippen MR) is 76.1 cm³/mol. The van der Waals surface area contributed by atoms with E-state index in [0.29, 0.717) is 16.4 Å². The Balaban J connectivity index is 2.21. The summed E-state index contributed by atoms with van der Waals surface area (Å²) in [5.41, 5.74) is 1.52. The van der Waals surface area contributed by atoms with E-state index in [-0.39, 0.29) is 5.91 Å². The number of aryl methyl sites for hydroxylation is 1. The van der Waals surface area contributed by atoms with Crippen molar-refractivity contribution in [3.63, 3.8) is 0 Å². The average Bonchev–Trinajstić information content (AvgIpc) is 2.35. The van der Waals surface area contributed by atoms with Gasteiger partial charge in [0.1, 0.15) is 5.82 Å². The van der Waals surface area contributed by atoms with Gasteiger partial charge in [-0.25, -0.2) is 4.98 Å². The van der Waals surface area contributed by atoms with Gasteiger partial charge < -0.3 is 5.32 Å². The van der Waals surface area contributed by atoms with Crippen molar-refractivity contribution in [1.29, 1.82) is 0 Å². The molecule has 1 aromatic heterocycles. The second-order valence-corrected chi connectivity index (χ2v) is 5.13. The molecule has 0 aliphatic rings. The molecular weight excluding hydrogens is 316 g/mol. The molecule has 0 aliphatic carbocycles. The molecule has 2 aromatic rings. The van der Waals surface area contributed by atoms with Crippen LogP contribution in [0, 0.1) is 6.92 Å². The van der Waals surface area contributed by atoms with Crippen LogP contribution in [0.15, 0.2) is 41.0 Å². The smallest absolute Gasteiger partial charge is 0.257 e. The van der Waals surface area contributed by atoms with Crippen molar-refractivity contribution in [2.45, 2.75) is 6.92 Å². The lowest BCUT2D eigenvalue weighted by atomic mass is 10.1. The molecule has 1 amide bonds. The van der Waals surface area contributed by atoms with Gasteiger partial charge in [0.25, 0.3) is 5.91 Å². The van der Waals surface area contributed by atoms with E-state index >= 15 is 0 Å². The fourth-order valence-corrected chi connectivity index (χ4v) is 1.95. The van der Waals surface area contributed by atoms with Crippen LogP contribution in [0.5, 0.6) is 0 Å². The minimum absolute atomic E-state index is 0.191. The van der Waals surface area contributed by atoms with Crippen LogP contribution in [-0.4, -0.2) is 10.9 Å². The van der Waals surface area contributed by atoms with Crippen LogP contribution in [-0.2, 0) is 0 Å². The quantitative estimate of drug-likeness (QED) is 0.905. The standard InChI is InChI=1S/C13H10BrClN2O/c1-8-2-3-9(14)6-11(8)13(18)17-12-5-4-10(15)7-16-12/h2-7H,1H3,(H,16,17,18). The predicted octanol–water partition coefficient (Wildman–Crippen LogP) is 4.06. The Hall–Kier alpha value is -1.39. The van der Waals surface area contributed by atoms with Gasteiger partial charge in [-0.15, -0.1) is 0 Å². The third-order valence-electron chi connectivity index (χ3n) is 2.41. The molecule has 18 heavy (non-hydrogen) atoms. The fraction of sp³-hybridized carbons (Fsp3) is 0.0769. The molecule has 0 unspecified atom stereocenters. The summed E-state index contributed by atoms with van der Waals surface area (Å²) in [4.78, 5) is 16.1.